The van der Waals surface area contributed by atoms with Crippen LogP contribution >= 0.6 is 11.3 Å². The summed E-state index contributed by atoms with van der Waals surface area (Å²) in [6, 6.07) is 5.92. The van der Waals surface area contributed by atoms with E-state index in [2.05, 4.69) is 6.92 Å². The molecule has 4 rings (SSSR count). The number of piperidine rings is 2. The standard InChI is InChI=1S/C21H26N4O3S/c1-12-3-5-16(25(11-12)21(28)19(22)27)13-4-6-17-15(9-13)23-20(29-17)14-7-8-24(2)18(26)10-14/h4,6,9,12,14,16H,3,5,7-8,10-11H2,1-2H3,(H2,22,27)/t12-,14?,16+/m0/s1. The minimum atomic E-state index is -0.909. The molecule has 2 aromatic rings. The first-order valence-electron chi connectivity index (χ1n) is 10.1. The maximum atomic E-state index is 12.4. The Morgan fingerprint density at radius 1 is 1.24 bits per heavy atom. The van der Waals surface area contributed by atoms with Crippen molar-refractivity contribution < 1.29 is 14.4 Å². The predicted octanol–water partition coefficient (Wildman–Crippen LogP) is 2.42. The van der Waals surface area contributed by atoms with E-state index in [4.69, 9.17) is 10.7 Å². The highest BCUT2D eigenvalue weighted by Crippen LogP contribution is 2.38. The Bertz CT molecular complexity index is 972. The van der Waals surface area contributed by atoms with Crippen LogP contribution in [0.3, 0.4) is 0 Å². The summed E-state index contributed by atoms with van der Waals surface area (Å²) in [6.45, 7) is 3.37. The molecule has 2 aliphatic rings. The van der Waals surface area contributed by atoms with Crippen LogP contribution in [0.2, 0.25) is 0 Å². The number of thiazole rings is 1. The van der Waals surface area contributed by atoms with Crippen molar-refractivity contribution in [1.29, 1.82) is 0 Å². The zero-order chi connectivity index (χ0) is 20.7. The first-order chi connectivity index (χ1) is 13.8. The highest BCUT2D eigenvalue weighted by Gasteiger charge is 2.33. The summed E-state index contributed by atoms with van der Waals surface area (Å²) in [4.78, 5) is 44.1. The molecule has 0 bridgehead atoms. The Morgan fingerprint density at radius 3 is 2.76 bits per heavy atom. The average molecular weight is 415 g/mol. The molecule has 1 aromatic heterocycles. The first-order valence-corrected chi connectivity index (χ1v) is 10.9. The number of aromatic nitrogens is 1. The second-order valence-corrected chi connectivity index (χ2v) is 9.37. The summed E-state index contributed by atoms with van der Waals surface area (Å²) in [5, 5.41) is 1.00. The number of nitrogens with zero attached hydrogens (tertiary/aromatic N) is 3. The molecule has 0 radical (unpaired) electrons. The van der Waals surface area contributed by atoms with Gasteiger partial charge in [-0.05, 0) is 42.9 Å². The zero-order valence-electron chi connectivity index (χ0n) is 16.8. The van der Waals surface area contributed by atoms with Crippen molar-refractivity contribution in [1.82, 2.24) is 14.8 Å². The second kappa shape index (κ2) is 7.74. The molecule has 1 aromatic carbocycles. The minimum absolute atomic E-state index is 0.161. The monoisotopic (exact) mass is 414 g/mol. The number of likely N-dealkylation sites (tertiary alicyclic amines) is 2. The van der Waals surface area contributed by atoms with Crippen molar-refractivity contribution in [2.24, 2.45) is 11.7 Å². The van der Waals surface area contributed by atoms with Crippen LogP contribution in [0.1, 0.15) is 55.1 Å². The number of carbonyl (C=O) groups excluding carboxylic acids is 3. The number of hydrogen-bond acceptors (Lipinski definition) is 5. The van der Waals surface area contributed by atoms with E-state index in [1.807, 2.05) is 25.2 Å². The molecule has 154 valence electrons. The minimum Gasteiger partial charge on any atom is -0.361 e. The van der Waals surface area contributed by atoms with Gasteiger partial charge in [0.05, 0.1) is 21.3 Å². The summed E-state index contributed by atoms with van der Waals surface area (Å²) in [5.74, 6) is -0.856. The number of carbonyl (C=O) groups is 3. The lowest BCUT2D eigenvalue weighted by Crippen LogP contribution is -2.46. The molecule has 2 fully saturated rings. The van der Waals surface area contributed by atoms with E-state index in [1.54, 1.807) is 21.1 Å². The van der Waals surface area contributed by atoms with Crippen LogP contribution in [0.4, 0.5) is 0 Å². The first kappa shape index (κ1) is 19.8. The van der Waals surface area contributed by atoms with Gasteiger partial charge in [-0.2, -0.15) is 0 Å². The second-order valence-electron chi connectivity index (χ2n) is 8.30. The number of primary amides is 1. The SMILES string of the molecule is C[C@H]1CC[C@H](c2ccc3sc(C4CCN(C)C(=O)C4)nc3c2)N(C(=O)C(N)=O)C1. The van der Waals surface area contributed by atoms with Crippen molar-refractivity contribution in [3.8, 4) is 0 Å². The normalized spacial score (nSPS) is 25.4. The van der Waals surface area contributed by atoms with Gasteiger partial charge in [-0.3, -0.25) is 14.4 Å². The molecular weight excluding hydrogens is 388 g/mol. The van der Waals surface area contributed by atoms with Crippen LogP contribution in [0.15, 0.2) is 18.2 Å². The molecule has 2 N–H and O–H groups in total. The van der Waals surface area contributed by atoms with E-state index < -0.39 is 11.8 Å². The number of fused-ring (bicyclic) bond motifs is 1. The summed E-state index contributed by atoms with van der Waals surface area (Å²) >= 11 is 1.64. The lowest BCUT2D eigenvalue weighted by molar-refractivity contribution is -0.147. The summed E-state index contributed by atoms with van der Waals surface area (Å²) in [7, 11) is 1.84. The topological polar surface area (TPSA) is 96.6 Å². The van der Waals surface area contributed by atoms with Gasteiger partial charge < -0.3 is 15.5 Å². The maximum Gasteiger partial charge on any atom is 0.312 e. The Kier molecular flexibility index (Phi) is 5.29. The molecule has 8 heteroatoms. The van der Waals surface area contributed by atoms with Crippen LogP contribution < -0.4 is 5.73 Å². The molecule has 0 saturated carbocycles. The Hall–Kier alpha value is -2.48. The Labute approximate surface area is 173 Å². The van der Waals surface area contributed by atoms with E-state index in [-0.39, 0.29) is 17.9 Å². The van der Waals surface area contributed by atoms with Gasteiger partial charge in [0.2, 0.25) is 5.91 Å². The largest absolute Gasteiger partial charge is 0.361 e. The molecule has 0 aliphatic carbocycles. The van der Waals surface area contributed by atoms with Crippen LogP contribution in [0, 0.1) is 5.92 Å². The number of hydrogen-bond donors (Lipinski definition) is 1. The number of rotatable bonds is 2. The van der Waals surface area contributed by atoms with Crippen molar-refractivity contribution in [2.45, 2.75) is 44.6 Å². The fourth-order valence-corrected chi connectivity index (χ4v) is 5.45. The van der Waals surface area contributed by atoms with Crippen LogP contribution in [-0.4, -0.2) is 52.6 Å². The van der Waals surface area contributed by atoms with E-state index in [9.17, 15) is 14.4 Å². The molecule has 2 saturated heterocycles. The van der Waals surface area contributed by atoms with Crippen LogP contribution in [0.5, 0.6) is 0 Å². The fraction of sp³-hybridized carbons (Fsp3) is 0.524. The number of amides is 3. The molecule has 3 amide bonds. The third-order valence-electron chi connectivity index (χ3n) is 6.11. The maximum absolute atomic E-state index is 12.4. The third kappa shape index (κ3) is 3.85. The molecule has 3 atom stereocenters. The lowest BCUT2D eigenvalue weighted by atomic mass is 9.89. The van der Waals surface area contributed by atoms with E-state index in [1.165, 1.54) is 0 Å². The molecular formula is C21H26N4O3S. The van der Waals surface area contributed by atoms with Crippen molar-refractivity contribution >= 4 is 39.3 Å². The molecule has 3 heterocycles. The van der Waals surface area contributed by atoms with Gasteiger partial charge >= 0.3 is 11.8 Å². The van der Waals surface area contributed by atoms with Crippen molar-refractivity contribution in [3.05, 3.63) is 28.8 Å². The average Bonchev–Trinajstić information content (AvgIpc) is 3.12. The van der Waals surface area contributed by atoms with E-state index in [0.717, 1.165) is 46.6 Å². The number of nitrogens with two attached hydrogens (primary N) is 1. The lowest BCUT2D eigenvalue weighted by Gasteiger charge is -2.38. The fourth-order valence-electron chi connectivity index (χ4n) is 4.36. The van der Waals surface area contributed by atoms with Crippen LogP contribution in [-0.2, 0) is 14.4 Å². The van der Waals surface area contributed by atoms with E-state index >= 15 is 0 Å². The summed E-state index contributed by atoms with van der Waals surface area (Å²) < 4.78 is 1.08. The predicted molar refractivity (Wildman–Crippen MR) is 111 cm³/mol. The van der Waals surface area contributed by atoms with E-state index in [0.29, 0.717) is 18.9 Å². The van der Waals surface area contributed by atoms with Crippen molar-refractivity contribution in [2.75, 3.05) is 20.1 Å². The van der Waals surface area contributed by atoms with Gasteiger partial charge in [-0.25, -0.2) is 4.98 Å². The Balaban J connectivity index is 1.62. The molecule has 7 nitrogen and oxygen atoms in total. The van der Waals surface area contributed by atoms with Gasteiger partial charge in [-0.1, -0.05) is 13.0 Å². The summed E-state index contributed by atoms with van der Waals surface area (Å²) in [6.07, 6.45) is 3.22. The van der Waals surface area contributed by atoms with Gasteiger partial charge in [0.1, 0.15) is 0 Å². The highest BCUT2D eigenvalue weighted by molar-refractivity contribution is 7.18. The van der Waals surface area contributed by atoms with Gasteiger partial charge in [0.25, 0.3) is 0 Å². The summed E-state index contributed by atoms with van der Waals surface area (Å²) in [5.41, 5.74) is 7.15. The Morgan fingerprint density at radius 2 is 2.03 bits per heavy atom. The quantitative estimate of drug-likeness (QED) is 0.763. The third-order valence-corrected chi connectivity index (χ3v) is 7.31. The van der Waals surface area contributed by atoms with Crippen LogP contribution in [0.25, 0.3) is 10.2 Å². The van der Waals surface area contributed by atoms with Crippen molar-refractivity contribution in [3.63, 3.8) is 0 Å². The van der Waals surface area contributed by atoms with Gasteiger partial charge in [0, 0.05) is 32.5 Å². The molecule has 2 aliphatic heterocycles. The molecule has 0 spiro atoms. The van der Waals surface area contributed by atoms with Gasteiger partial charge in [-0.15, -0.1) is 11.3 Å². The zero-order valence-corrected chi connectivity index (χ0v) is 17.6. The smallest absolute Gasteiger partial charge is 0.312 e. The molecule has 29 heavy (non-hydrogen) atoms. The highest BCUT2D eigenvalue weighted by atomic mass is 32.1. The van der Waals surface area contributed by atoms with Gasteiger partial charge in [0.15, 0.2) is 0 Å². The molecule has 1 unspecified atom stereocenters. The number of benzene rings is 1.